The van der Waals surface area contributed by atoms with Gasteiger partial charge in [-0.05, 0) is 48.4 Å². The van der Waals surface area contributed by atoms with Crippen molar-refractivity contribution in [3.63, 3.8) is 0 Å². The third kappa shape index (κ3) is 2.61. The van der Waals surface area contributed by atoms with Crippen LogP contribution in [0.4, 0.5) is 11.5 Å². The van der Waals surface area contributed by atoms with E-state index in [1.807, 2.05) is 0 Å². The molecule has 0 saturated heterocycles. The number of nitrogens with zero attached hydrogens (tertiary/aromatic N) is 2. The van der Waals surface area contributed by atoms with Crippen molar-refractivity contribution in [3.8, 4) is 0 Å². The lowest BCUT2D eigenvalue weighted by atomic mass is 9.80. The summed E-state index contributed by atoms with van der Waals surface area (Å²) in [6, 6.07) is 10.1. The van der Waals surface area contributed by atoms with Crippen molar-refractivity contribution < 1.29 is 4.79 Å². The van der Waals surface area contributed by atoms with Gasteiger partial charge in [0.05, 0.1) is 17.8 Å². The van der Waals surface area contributed by atoms with Gasteiger partial charge in [-0.3, -0.25) is 9.69 Å². The summed E-state index contributed by atoms with van der Waals surface area (Å²) in [5, 5.41) is 4.25. The van der Waals surface area contributed by atoms with Gasteiger partial charge in [0.25, 0.3) is 0 Å². The van der Waals surface area contributed by atoms with E-state index in [-0.39, 0.29) is 11.8 Å². The van der Waals surface area contributed by atoms with E-state index < -0.39 is 0 Å². The number of hydrogen-bond donors (Lipinski definition) is 3. The molecule has 2 atom stereocenters. The van der Waals surface area contributed by atoms with Gasteiger partial charge in [0.15, 0.2) is 0 Å². The van der Waals surface area contributed by atoms with Crippen LogP contribution in [-0.2, 0) is 11.2 Å². The van der Waals surface area contributed by atoms with Crippen LogP contribution in [0.25, 0.3) is 16.5 Å². The average Bonchev–Trinajstić information content (AvgIpc) is 3.09. The van der Waals surface area contributed by atoms with Crippen molar-refractivity contribution in [1.82, 2.24) is 14.9 Å². The molecule has 6 heteroatoms. The molecule has 1 aliphatic carbocycles. The number of fused-ring (bicyclic) bond motifs is 2. The highest BCUT2D eigenvalue weighted by molar-refractivity contribution is 6.01. The molecule has 136 valence electrons. The Morgan fingerprint density at radius 1 is 1.33 bits per heavy atom. The summed E-state index contributed by atoms with van der Waals surface area (Å²) in [6.07, 6.45) is 6.82. The molecule has 0 unspecified atom stereocenters. The lowest BCUT2D eigenvalue weighted by Gasteiger charge is -2.39. The van der Waals surface area contributed by atoms with Crippen LogP contribution in [0.1, 0.15) is 11.1 Å². The van der Waals surface area contributed by atoms with Gasteiger partial charge in [-0.25, -0.2) is 4.98 Å². The maximum atomic E-state index is 12.9. The van der Waals surface area contributed by atoms with Gasteiger partial charge in [0.2, 0.25) is 5.91 Å². The number of nitrogens with one attached hydrogen (secondary N) is 2. The first-order valence-corrected chi connectivity index (χ1v) is 9.14. The van der Waals surface area contributed by atoms with Gasteiger partial charge < -0.3 is 16.0 Å². The zero-order valence-corrected chi connectivity index (χ0v) is 15.1. The van der Waals surface area contributed by atoms with E-state index in [0.29, 0.717) is 24.1 Å². The van der Waals surface area contributed by atoms with E-state index in [9.17, 15) is 4.79 Å². The summed E-state index contributed by atoms with van der Waals surface area (Å²) in [5.74, 6) is 0.203. The lowest BCUT2D eigenvalue weighted by Crippen LogP contribution is -2.45. The maximum Gasteiger partial charge on any atom is 0.232 e. The van der Waals surface area contributed by atoms with Crippen LogP contribution >= 0.6 is 0 Å². The Labute approximate surface area is 157 Å². The number of aromatic nitrogens is 2. The monoisotopic (exact) mass is 359 g/mol. The molecule has 2 aromatic heterocycles. The summed E-state index contributed by atoms with van der Waals surface area (Å²) in [4.78, 5) is 22.6. The number of anilines is 2. The molecular weight excluding hydrogens is 338 g/mol. The topological polar surface area (TPSA) is 87.0 Å². The molecule has 0 saturated carbocycles. The first-order chi connectivity index (χ1) is 13.1. The molecule has 6 nitrogen and oxygen atoms in total. The number of amides is 1. The summed E-state index contributed by atoms with van der Waals surface area (Å²) < 4.78 is 0. The standard InChI is InChI=1S/C21H21N5O/c1-26-11-13(21(27)25-14-5-6-19(22)24-10-14)7-16-15-3-2-4-17-20(15)12(9-23-17)8-18(16)26/h2-7,9-10,13,18,23H,8,11H2,1H3,(H2,22,24)(H,25,27)/t13-,18-/m1/s1. The number of nitrogen functional groups attached to an aromatic ring is 1. The smallest absolute Gasteiger partial charge is 0.232 e. The third-order valence-corrected chi connectivity index (χ3v) is 5.66. The Morgan fingerprint density at radius 3 is 3.04 bits per heavy atom. The first-order valence-electron chi connectivity index (χ1n) is 9.14. The number of pyridine rings is 1. The second-order valence-corrected chi connectivity index (χ2v) is 7.39. The van der Waals surface area contributed by atoms with E-state index in [4.69, 9.17) is 5.73 Å². The molecule has 0 fully saturated rings. The number of benzene rings is 1. The quantitative estimate of drug-likeness (QED) is 0.656. The number of H-pyrrole nitrogens is 1. The van der Waals surface area contributed by atoms with Crippen LogP contribution in [0.3, 0.4) is 0 Å². The summed E-state index contributed by atoms with van der Waals surface area (Å²) in [5.41, 5.74) is 11.3. The SMILES string of the molecule is CN1C[C@H](C(=O)Nc2ccc(N)nc2)C=C2c3cccc4[nH]cc(c34)C[C@H]21. The van der Waals surface area contributed by atoms with Crippen LogP contribution in [0, 0.1) is 5.92 Å². The molecule has 1 aromatic carbocycles. The summed E-state index contributed by atoms with van der Waals surface area (Å²) in [7, 11) is 2.10. The van der Waals surface area contributed by atoms with E-state index in [0.717, 1.165) is 11.9 Å². The minimum atomic E-state index is -0.213. The molecular formula is C21H21N5O. The number of carbonyl (C=O) groups is 1. The molecule has 1 aliphatic heterocycles. The van der Waals surface area contributed by atoms with Crippen molar-refractivity contribution in [1.29, 1.82) is 0 Å². The number of hydrogen-bond acceptors (Lipinski definition) is 4. The zero-order chi connectivity index (χ0) is 18.5. The van der Waals surface area contributed by atoms with Crippen molar-refractivity contribution >= 4 is 33.9 Å². The summed E-state index contributed by atoms with van der Waals surface area (Å²) >= 11 is 0. The van der Waals surface area contributed by atoms with Crippen LogP contribution in [0.15, 0.2) is 48.8 Å². The Hall–Kier alpha value is -3.12. The fraction of sp³-hybridized carbons (Fsp3) is 0.238. The highest BCUT2D eigenvalue weighted by Crippen LogP contribution is 2.40. The second kappa shape index (κ2) is 5.96. The van der Waals surface area contributed by atoms with Gasteiger partial charge in [-0.1, -0.05) is 18.2 Å². The molecule has 27 heavy (non-hydrogen) atoms. The molecule has 4 N–H and O–H groups in total. The minimum absolute atomic E-state index is 0.0218. The molecule has 1 amide bonds. The van der Waals surface area contributed by atoms with Crippen molar-refractivity contribution in [3.05, 3.63) is 59.9 Å². The van der Waals surface area contributed by atoms with Crippen LogP contribution in [0.5, 0.6) is 0 Å². The summed E-state index contributed by atoms with van der Waals surface area (Å²) in [6.45, 7) is 0.693. The Balaban J connectivity index is 1.50. The van der Waals surface area contributed by atoms with Crippen LogP contribution in [0.2, 0.25) is 0 Å². The van der Waals surface area contributed by atoms with E-state index in [1.54, 1.807) is 18.3 Å². The number of rotatable bonds is 2. The average molecular weight is 359 g/mol. The minimum Gasteiger partial charge on any atom is -0.384 e. The van der Waals surface area contributed by atoms with Crippen molar-refractivity contribution in [2.24, 2.45) is 5.92 Å². The fourth-order valence-corrected chi connectivity index (χ4v) is 4.33. The highest BCUT2D eigenvalue weighted by atomic mass is 16.1. The van der Waals surface area contributed by atoms with Gasteiger partial charge in [-0.15, -0.1) is 0 Å². The Morgan fingerprint density at radius 2 is 2.22 bits per heavy atom. The Kier molecular flexibility index (Phi) is 3.55. The van der Waals surface area contributed by atoms with Crippen LogP contribution < -0.4 is 11.1 Å². The van der Waals surface area contributed by atoms with Gasteiger partial charge in [-0.2, -0.15) is 0 Å². The van der Waals surface area contributed by atoms with E-state index >= 15 is 0 Å². The molecule has 0 bridgehead atoms. The normalized spacial score (nSPS) is 21.6. The predicted molar refractivity (Wildman–Crippen MR) is 107 cm³/mol. The number of nitrogens with two attached hydrogens (primary N) is 1. The van der Waals surface area contributed by atoms with Crippen molar-refractivity contribution in [2.75, 3.05) is 24.6 Å². The molecule has 0 spiro atoms. The van der Waals surface area contributed by atoms with Gasteiger partial charge in [0.1, 0.15) is 5.82 Å². The van der Waals surface area contributed by atoms with Gasteiger partial charge >= 0.3 is 0 Å². The highest BCUT2D eigenvalue weighted by Gasteiger charge is 2.35. The number of carbonyl (C=O) groups excluding carboxylic acids is 1. The third-order valence-electron chi connectivity index (χ3n) is 5.66. The van der Waals surface area contributed by atoms with E-state index in [1.165, 1.54) is 22.1 Å². The molecule has 0 radical (unpaired) electrons. The maximum absolute atomic E-state index is 12.9. The zero-order valence-electron chi connectivity index (χ0n) is 15.1. The predicted octanol–water partition coefficient (Wildman–Crippen LogP) is 2.65. The fourth-order valence-electron chi connectivity index (χ4n) is 4.33. The number of aromatic amines is 1. The van der Waals surface area contributed by atoms with E-state index in [2.05, 4.69) is 57.7 Å². The van der Waals surface area contributed by atoms with Gasteiger partial charge in [0, 0.05) is 29.7 Å². The molecule has 5 rings (SSSR count). The largest absolute Gasteiger partial charge is 0.384 e. The Bertz CT molecular complexity index is 1070. The molecule has 3 aromatic rings. The van der Waals surface area contributed by atoms with Crippen LogP contribution in [-0.4, -0.2) is 40.4 Å². The van der Waals surface area contributed by atoms with Crippen molar-refractivity contribution in [2.45, 2.75) is 12.5 Å². The molecule has 3 heterocycles. The first kappa shape index (κ1) is 16.1. The molecule has 2 aliphatic rings. The lowest BCUT2D eigenvalue weighted by molar-refractivity contribution is -0.119. The number of likely N-dealkylation sites (N-methyl/N-ethyl adjacent to an activating group) is 1. The second-order valence-electron chi connectivity index (χ2n) is 7.39.